The van der Waals surface area contributed by atoms with E-state index < -0.39 is 0 Å². The van der Waals surface area contributed by atoms with Gasteiger partial charge in [-0.1, -0.05) is 18.2 Å². The molecule has 2 aromatic rings. The molecule has 1 aromatic heterocycles. The zero-order valence-electron chi connectivity index (χ0n) is 11.9. The smallest absolute Gasteiger partial charge is 0.0645 e. The third kappa shape index (κ3) is 2.92. The minimum atomic E-state index is 0.369. The summed E-state index contributed by atoms with van der Waals surface area (Å²) in [6.45, 7) is 4.31. The quantitative estimate of drug-likeness (QED) is 0.930. The number of hydrogen-bond acceptors (Lipinski definition) is 3. The molecule has 3 rings (SSSR count). The molecule has 0 spiro atoms. The van der Waals surface area contributed by atoms with Gasteiger partial charge in [-0.05, 0) is 31.9 Å². The topological polar surface area (TPSA) is 47.1 Å². The summed E-state index contributed by atoms with van der Waals surface area (Å²) in [5.41, 5.74) is 8.38. The summed E-state index contributed by atoms with van der Waals surface area (Å²) in [6.07, 6.45) is 6.27. The number of aromatic nitrogens is 2. The number of rotatable bonds is 3. The number of para-hydroxylation sites is 1. The van der Waals surface area contributed by atoms with Crippen LogP contribution in [0.5, 0.6) is 0 Å². The standard InChI is InChI=1S/C16H22N4/c1-13-9-15(17)7-8-19(13)11-14-10-18-20(12-14)16-5-3-2-4-6-16/h2-6,10,12-13,15H,7-9,11,17H2,1H3. The van der Waals surface area contributed by atoms with Gasteiger partial charge in [-0.2, -0.15) is 5.10 Å². The summed E-state index contributed by atoms with van der Waals surface area (Å²) in [6, 6.07) is 11.1. The predicted molar refractivity (Wildman–Crippen MR) is 80.6 cm³/mol. The highest BCUT2D eigenvalue weighted by Crippen LogP contribution is 2.19. The van der Waals surface area contributed by atoms with Crippen LogP contribution >= 0.6 is 0 Å². The fourth-order valence-electron chi connectivity index (χ4n) is 2.89. The minimum absolute atomic E-state index is 0.369. The van der Waals surface area contributed by atoms with E-state index in [-0.39, 0.29) is 0 Å². The highest BCUT2D eigenvalue weighted by Gasteiger charge is 2.23. The Labute approximate surface area is 120 Å². The normalized spacial score (nSPS) is 23.9. The molecule has 1 fully saturated rings. The van der Waals surface area contributed by atoms with Crippen molar-refractivity contribution in [1.82, 2.24) is 14.7 Å². The third-order valence-corrected chi connectivity index (χ3v) is 4.10. The van der Waals surface area contributed by atoms with Gasteiger partial charge in [0.15, 0.2) is 0 Å². The summed E-state index contributed by atoms with van der Waals surface area (Å²) in [5.74, 6) is 0. The molecule has 2 unspecified atom stereocenters. The van der Waals surface area contributed by atoms with Crippen LogP contribution in [0.2, 0.25) is 0 Å². The average molecular weight is 270 g/mol. The van der Waals surface area contributed by atoms with Crippen LogP contribution in [-0.4, -0.2) is 33.3 Å². The van der Waals surface area contributed by atoms with Crippen molar-refractivity contribution in [2.75, 3.05) is 6.54 Å². The molecule has 0 aliphatic carbocycles. The van der Waals surface area contributed by atoms with Crippen molar-refractivity contribution in [2.45, 2.75) is 38.4 Å². The molecule has 2 heterocycles. The lowest BCUT2D eigenvalue weighted by Gasteiger charge is -2.36. The van der Waals surface area contributed by atoms with Gasteiger partial charge in [0.25, 0.3) is 0 Å². The van der Waals surface area contributed by atoms with E-state index in [1.165, 1.54) is 5.56 Å². The van der Waals surface area contributed by atoms with E-state index in [0.717, 1.165) is 31.6 Å². The van der Waals surface area contributed by atoms with Crippen LogP contribution in [0, 0.1) is 0 Å². The summed E-state index contributed by atoms with van der Waals surface area (Å²) < 4.78 is 1.94. The second-order valence-electron chi connectivity index (χ2n) is 5.73. The number of nitrogens with two attached hydrogens (primary N) is 1. The average Bonchev–Trinajstić information content (AvgIpc) is 2.92. The largest absolute Gasteiger partial charge is 0.328 e. The summed E-state index contributed by atoms with van der Waals surface area (Å²) in [5, 5.41) is 4.46. The summed E-state index contributed by atoms with van der Waals surface area (Å²) in [7, 11) is 0. The van der Waals surface area contributed by atoms with E-state index in [1.807, 2.05) is 29.1 Å². The molecule has 0 amide bonds. The maximum Gasteiger partial charge on any atom is 0.0645 e. The molecule has 1 saturated heterocycles. The molecule has 4 nitrogen and oxygen atoms in total. The zero-order valence-corrected chi connectivity index (χ0v) is 11.9. The monoisotopic (exact) mass is 270 g/mol. The lowest BCUT2D eigenvalue weighted by Crippen LogP contribution is -2.44. The molecule has 2 atom stereocenters. The van der Waals surface area contributed by atoms with Gasteiger partial charge in [-0.25, -0.2) is 4.68 Å². The molecule has 1 aliphatic heterocycles. The maximum absolute atomic E-state index is 6.02. The van der Waals surface area contributed by atoms with Crippen LogP contribution in [0.25, 0.3) is 5.69 Å². The predicted octanol–water partition coefficient (Wildman–Crippen LogP) is 2.18. The first-order chi connectivity index (χ1) is 9.72. The van der Waals surface area contributed by atoms with Crippen molar-refractivity contribution in [3.05, 3.63) is 48.3 Å². The number of piperidine rings is 1. The van der Waals surface area contributed by atoms with Crippen LogP contribution in [0.15, 0.2) is 42.7 Å². The molecular formula is C16H22N4. The van der Waals surface area contributed by atoms with E-state index in [9.17, 15) is 0 Å². The van der Waals surface area contributed by atoms with Crippen LogP contribution < -0.4 is 5.73 Å². The first-order valence-corrected chi connectivity index (χ1v) is 7.31. The van der Waals surface area contributed by atoms with E-state index in [0.29, 0.717) is 12.1 Å². The van der Waals surface area contributed by atoms with Gasteiger partial charge in [0.05, 0.1) is 11.9 Å². The zero-order chi connectivity index (χ0) is 13.9. The van der Waals surface area contributed by atoms with Gasteiger partial charge in [0.1, 0.15) is 0 Å². The Morgan fingerprint density at radius 2 is 2.10 bits per heavy atom. The Hall–Kier alpha value is -1.65. The van der Waals surface area contributed by atoms with Crippen molar-refractivity contribution >= 4 is 0 Å². The van der Waals surface area contributed by atoms with Crippen LogP contribution in [0.3, 0.4) is 0 Å². The Morgan fingerprint density at radius 1 is 1.30 bits per heavy atom. The second-order valence-corrected chi connectivity index (χ2v) is 5.73. The lowest BCUT2D eigenvalue weighted by atomic mass is 9.99. The Bertz CT molecular complexity index is 549. The molecule has 20 heavy (non-hydrogen) atoms. The van der Waals surface area contributed by atoms with Gasteiger partial charge >= 0.3 is 0 Å². The van der Waals surface area contributed by atoms with Crippen LogP contribution in [0.4, 0.5) is 0 Å². The highest BCUT2D eigenvalue weighted by molar-refractivity contribution is 5.30. The van der Waals surface area contributed by atoms with Gasteiger partial charge < -0.3 is 5.73 Å². The highest BCUT2D eigenvalue weighted by atomic mass is 15.3. The molecule has 0 bridgehead atoms. The number of hydrogen-bond donors (Lipinski definition) is 1. The van der Waals surface area contributed by atoms with Crippen LogP contribution in [0.1, 0.15) is 25.3 Å². The molecule has 2 N–H and O–H groups in total. The van der Waals surface area contributed by atoms with E-state index >= 15 is 0 Å². The second kappa shape index (κ2) is 5.77. The molecule has 0 radical (unpaired) electrons. The van der Waals surface area contributed by atoms with E-state index in [2.05, 4.69) is 35.3 Å². The van der Waals surface area contributed by atoms with Crippen LogP contribution in [-0.2, 0) is 6.54 Å². The summed E-state index contributed by atoms with van der Waals surface area (Å²) >= 11 is 0. The molecule has 1 aliphatic rings. The molecule has 106 valence electrons. The van der Waals surface area contributed by atoms with E-state index in [4.69, 9.17) is 5.73 Å². The van der Waals surface area contributed by atoms with Gasteiger partial charge in [0, 0.05) is 36.9 Å². The van der Waals surface area contributed by atoms with Crippen molar-refractivity contribution in [2.24, 2.45) is 5.73 Å². The fraction of sp³-hybridized carbons (Fsp3) is 0.438. The molecule has 4 heteroatoms. The van der Waals surface area contributed by atoms with Crippen molar-refractivity contribution in [3.63, 3.8) is 0 Å². The lowest BCUT2D eigenvalue weighted by molar-refractivity contribution is 0.140. The van der Waals surface area contributed by atoms with Crippen molar-refractivity contribution in [1.29, 1.82) is 0 Å². The van der Waals surface area contributed by atoms with Gasteiger partial charge in [0.2, 0.25) is 0 Å². The number of benzene rings is 1. The SMILES string of the molecule is CC1CC(N)CCN1Cc1cnn(-c2ccccc2)c1. The van der Waals surface area contributed by atoms with Gasteiger partial charge in [-0.15, -0.1) is 0 Å². The number of nitrogens with zero attached hydrogens (tertiary/aromatic N) is 3. The Morgan fingerprint density at radius 3 is 2.85 bits per heavy atom. The van der Waals surface area contributed by atoms with Crippen molar-refractivity contribution in [3.8, 4) is 5.69 Å². The first kappa shape index (κ1) is 13.3. The van der Waals surface area contributed by atoms with Gasteiger partial charge in [-0.3, -0.25) is 4.90 Å². The fourth-order valence-corrected chi connectivity index (χ4v) is 2.89. The van der Waals surface area contributed by atoms with Crippen molar-refractivity contribution < 1.29 is 0 Å². The Balaban J connectivity index is 1.69. The molecular weight excluding hydrogens is 248 g/mol. The van der Waals surface area contributed by atoms with E-state index in [1.54, 1.807) is 0 Å². The maximum atomic E-state index is 6.02. The summed E-state index contributed by atoms with van der Waals surface area (Å²) in [4.78, 5) is 2.50. The Kier molecular flexibility index (Phi) is 3.85. The molecule has 1 aromatic carbocycles. The number of likely N-dealkylation sites (tertiary alicyclic amines) is 1. The first-order valence-electron chi connectivity index (χ1n) is 7.31. The minimum Gasteiger partial charge on any atom is -0.328 e. The third-order valence-electron chi connectivity index (χ3n) is 4.10. The molecule has 0 saturated carbocycles.